The first-order chi connectivity index (χ1) is 10.1. The molecule has 0 aliphatic heterocycles. The molecule has 0 saturated heterocycles. The summed E-state index contributed by atoms with van der Waals surface area (Å²) in [6, 6.07) is 7.22. The van der Waals surface area contributed by atoms with Gasteiger partial charge in [-0.2, -0.15) is 0 Å². The Hall–Kier alpha value is -1.88. The highest BCUT2D eigenvalue weighted by Crippen LogP contribution is 2.05. The van der Waals surface area contributed by atoms with Crippen LogP contribution in [0, 0.1) is 12.8 Å². The number of hydrogen-bond acceptors (Lipinski definition) is 3. The molecule has 116 valence electrons. The highest BCUT2D eigenvalue weighted by molar-refractivity contribution is 5.96. The third-order valence-electron chi connectivity index (χ3n) is 3.39. The number of rotatable bonds is 8. The van der Waals surface area contributed by atoms with Crippen molar-refractivity contribution in [1.82, 2.24) is 10.6 Å². The van der Waals surface area contributed by atoms with Crippen molar-refractivity contribution >= 4 is 11.8 Å². The molecule has 0 fully saturated rings. The summed E-state index contributed by atoms with van der Waals surface area (Å²) < 4.78 is 0. The quantitative estimate of drug-likeness (QED) is 0.675. The minimum absolute atomic E-state index is 0.0394. The third-order valence-corrected chi connectivity index (χ3v) is 3.39. The molecule has 0 spiro atoms. The molecule has 0 aromatic heterocycles. The molecule has 0 radical (unpaired) electrons. The molecule has 21 heavy (non-hydrogen) atoms. The van der Waals surface area contributed by atoms with Gasteiger partial charge in [0.1, 0.15) is 0 Å². The van der Waals surface area contributed by atoms with Crippen molar-refractivity contribution in [3.63, 3.8) is 0 Å². The number of carbonyl (C=O) groups excluding carboxylic acids is 2. The van der Waals surface area contributed by atoms with Crippen LogP contribution in [0.2, 0.25) is 0 Å². The van der Waals surface area contributed by atoms with Crippen molar-refractivity contribution in [2.75, 3.05) is 19.7 Å². The molecule has 0 heterocycles. The van der Waals surface area contributed by atoms with Crippen LogP contribution < -0.4 is 10.6 Å². The fourth-order valence-electron chi connectivity index (χ4n) is 2.00. The SMILES string of the molecule is CCC(CCO)CNC(=O)CNC(=O)c1cccc(C)c1. The lowest BCUT2D eigenvalue weighted by Crippen LogP contribution is -2.39. The average molecular weight is 292 g/mol. The van der Waals surface area contributed by atoms with E-state index in [1.54, 1.807) is 12.1 Å². The number of aliphatic hydroxyl groups is 1. The Morgan fingerprint density at radius 2 is 2.05 bits per heavy atom. The average Bonchev–Trinajstić information content (AvgIpc) is 2.48. The van der Waals surface area contributed by atoms with Crippen LogP contribution >= 0.6 is 0 Å². The summed E-state index contributed by atoms with van der Waals surface area (Å²) in [5.74, 6) is -0.199. The number of nitrogens with one attached hydrogen (secondary N) is 2. The van der Waals surface area contributed by atoms with E-state index in [4.69, 9.17) is 5.11 Å². The second kappa shape index (κ2) is 9.13. The number of amides is 2. The van der Waals surface area contributed by atoms with Gasteiger partial charge in [0.05, 0.1) is 6.54 Å². The van der Waals surface area contributed by atoms with Crippen molar-refractivity contribution in [2.45, 2.75) is 26.7 Å². The van der Waals surface area contributed by atoms with E-state index in [9.17, 15) is 9.59 Å². The van der Waals surface area contributed by atoms with E-state index in [0.29, 0.717) is 18.5 Å². The number of hydrogen-bond donors (Lipinski definition) is 3. The van der Waals surface area contributed by atoms with Crippen molar-refractivity contribution in [2.24, 2.45) is 5.92 Å². The summed E-state index contributed by atoms with van der Waals surface area (Å²) in [5, 5.41) is 14.3. The van der Waals surface area contributed by atoms with E-state index >= 15 is 0 Å². The Morgan fingerprint density at radius 3 is 2.67 bits per heavy atom. The molecule has 2 amide bonds. The third kappa shape index (κ3) is 6.40. The molecule has 1 rings (SSSR count). The first kappa shape index (κ1) is 17.2. The second-order valence-corrected chi connectivity index (χ2v) is 5.14. The van der Waals surface area contributed by atoms with Crippen LogP contribution in [-0.2, 0) is 4.79 Å². The predicted octanol–water partition coefficient (Wildman–Crippen LogP) is 1.25. The first-order valence-corrected chi connectivity index (χ1v) is 7.29. The standard InChI is InChI=1S/C16H24N2O3/c1-3-13(7-8-19)10-17-15(20)11-18-16(21)14-6-4-5-12(2)9-14/h4-6,9,13,19H,3,7-8,10-11H2,1-2H3,(H,17,20)(H,18,21). The maximum Gasteiger partial charge on any atom is 0.251 e. The van der Waals surface area contributed by atoms with Crippen LogP contribution in [-0.4, -0.2) is 36.6 Å². The molecule has 0 saturated carbocycles. The monoisotopic (exact) mass is 292 g/mol. The molecule has 5 nitrogen and oxygen atoms in total. The minimum Gasteiger partial charge on any atom is -0.396 e. The second-order valence-electron chi connectivity index (χ2n) is 5.14. The highest BCUT2D eigenvalue weighted by atomic mass is 16.3. The highest BCUT2D eigenvalue weighted by Gasteiger charge is 2.10. The fourth-order valence-corrected chi connectivity index (χ4v) is 2.00. The summed E-state index contributed by atoms with van der Waals surface area (Å²) in [4.78, 5) is 23.6. The Morgan fingerprint density at radius 1 is 1.29 bits per heavy atom. The van der Waals surface area contributed by atoms with Gasteiger partial charge in [-0.05, 0) is 31.4 Å². The van der Waals surface area contributed by atoms with Gasteiger partial charge in [0.2, 0.25) is 5.91 Å². The molecule has 0 aliphatic carbocycles. The van der Waals surface area contributed by atoms with Gasteiger partial charge >= 0.3 is 0 Å². The lowest BCUT2D eigenvalue weighted by Gasteiger charge is -2.14. The Balaban J connectivity index is 2.34. The van der Waals surface area contributed by atoms with Gasteiger partial charge in [-0.15, -0.1) is 0 Å². The van der Waals surface area contributed by atoms with Crippen LogP contribution in [0.1, 0.15) is 35.7 Å². The van der Waals surface area contributed by atoms with Crippen molar-refractivity contribution in [3.8, 4) is 0 Å². The van der Waals surface area contributed by atoms with Gasteiger partial charge in [0.15, 0.2) is 0 Å². The van der Waals surface area contributed by atoms with E-state index in [2.05, 4.69) is 10.6 Å². The lowest BCUT2D eigenvalue weighted by molar-refractivity contribution is -0.120. The molecule has 0 bridgehead atoms. The molecule has 1 aromatic rings. The van der Waals surface area contributed by atoms with Crippen LogP contribution in [0.4, 0.5) is 0 Å². The minimum atomic E-state index is -0.253. The summed E-state index contributed by atoms with van der Waals surface area (Å²) in [5.41, 5.74) is 1.55. The maximum absolute atomic E-state index is 11.9. The van der Waals surface area contributed by atoms with Crippen LogP contribution in [0.15, 0.2) is 24.3 Å². The van der Waals surface area contributed by atoms with Gasteiger partial charge in [-0.3, -0.25) is 9.59 Å². The number of aryl methyl sites for hydroxylation is 1. The zero-order valence-electron chi connectivity index (χ0n) is 12.7. The molecule has 1 unspecified atom stereocenters. The zero-order valence-corrected chi connectivity index (χ0v) is 12.7. The van der Waals surface area contributed by atoms with Crippen LogP contribution in [0.3, 0.4) is 0 Å². The van der Waals surface area contributed by atoms with E-state index < -0.39 is 0 Å². The molecule has 1 atom stereocenters. The summed E-state index contributed by atoms with van der Waals surface area (Å²) in [6.07, 6.45) is 1.57. The first-order valence-electron chi connectivity index (χ1n) is 7.29. The maximum atomic E-state index is 11.9. The number of aliphatic hydroxyl groups excluding tert-OH is 1. The number of carbonyl (C=O) groups is 2. The molecule has 5 heteroatoms. The smallest absolute Gasteiger partial charge is 0.251 e. The van der Waals surface area contributed by atoms with Crippen LogP contribution in [0.25, 0.3) is 0 Å². The largest absolute Gasteiger partial charge is 0.396 e. The lowest BCUT2D eigenvalue weighted by atomic mass is 10.0. The van der Waals surface area contributed by atoms with Crippen molar-refractivity contribution in [1.29, 1.82) is 0 Å². The topological polar surface area (TPSA) is 78.4 Å². The van der Waals surface area contributed by atoms with Crippen LogP contribution in [0.5, 0.6) is 0 Å². The molecule has 3 N–H and O–H groups in total. The Labute approximate surface area is 125 Å². The molecular weight excluding hydrogens is 268 g/mol. The normalized spacial score (nSPS) is 11.8. The van der Waals surface area contributed by atoms with Crippen molar-refractivity contribution in [3.05, 3.63) is 35.4 Å². The van der Waals surface area contributed by atoms with E-state index in [-0.39, 0.29) is 30.9 Å². The van der Waals surface area contributed by atoms with Gasteiger partial charge in [0.25, 0.3) is 5.91 Å². The van der Waals surface area contributed by atoms with E-state index in [1.807, 2.05) is 26.0 Å². The summed E-state index contributed by atoms with van der Waals surface area (Å²) >= 11 is 0. The molecule has 0 aliphatic rings. The number of benzene rings is 1. The van der Waals surface area contributed by atoms with Gasteiger partial charge in [0, 0.05) is 18.7 Å². The fraction of sp³-hybridized carbons (Fsp3) is 0.500. The van der Waals surface area contributed by atoms with E-state index in [1.165, 1.54) is 0 Å². The molecular formula is C16H24N2O3. The summed E-state index contributed by atoms with van der Waals surface area (Å²) in [7, 11) is 0. The molecule has 1 aromatic carbocycles. The summed E-state index contributed by atoms with van der Waals surface area (Å²) in [6.45, 7) is 4.54. The van der Waals surface area contributed by atoms with Gasteiger partial charge in [-0.25, -0.2) is 0 Å². The zero-order chi connectivity index (χ0) is 15.7. The van der Waals surface area contributed by atoms with Gasteiger partial charge < -0.3 is 15.7 Å². The van der Waals surface area contributed by atoms with Crippen molar-refractivity contribution < 1.29 is 14.7 Å². The van der Waals surface area contributed by atoms with E-state index in [0.717, 1.165) is 12.0 Å². The predicted molar refractivity (Wildman–Crippen MR) is 82.0 cm³/mol. The Bertz CT molecular complexity index is 474. The van der Waals surface area contributed by atoms with Gasteiger partial charge in [-0.1, -0.05) is 31.0 Å². The Kier molecular flexibility index (Phi) is 7.46.